The average Bonchev–Trinajstić information content (AvgIpc) is 2.70. The van der Waals surface area contributed by atoms with Crippen LogP contribution in [0.2, 0.25) is 5.02 Å². The fourth-order valence-electron chi connectivity index (χ4n) is 1.31. The average molecular weight is 351 g/mol. The second-order valence-corrected chi connectivity index (χ2v) is 6.50. The molecule has 2 aromatic rings. The molecule has 2 rings (SSSR count). The first-order chi connectivity index (χ1) is 8.38. The Kier molecular flexibility index (Phi) is 3.65. The van der Waals surface area contributed by atoms with Crippen molar-refractivity contribution >= 4 is 43.2 Å². The van der Waals surface area contributed by atoms with E-state index >= 15 is 0 Å². The molecule has 0 unspecified atom stereocenters. The van der Waals surface area contributed by atoms with Crippen LogP contribution >= 0.6 is 27.5 Å². The summed E-state index contributed by atoms with van der Waals surface area (Å²) in [7, 11) is -3.67. The summed E-state index contributed by atoms with van der Waals surface area (Å²) in [5.74, 6) is 0.533. The third-order valence-electron chi connectivity index (χ3n) is 2.14. The van der Waals surface area contributed by atoms with Crippen LogP contribution in [0.3, 0.4) is 0 Å². The third-order valence-corrected chi connectivity index (χ3v) is 4.31. The number of hydrogen-bond donors (Lipinski definition) is 2. The van der Waals surface area contributed by atoms with Crippen molar-refractivity contribution in [2.45, 2.75) is 11.9 Å². The molecule has 1 aromatic carbocycles. The van der Waals surface area contributed by atoms with Gasteiger partial charge in [-0.3, -0.25) is 4.72 Å². The van der Waals surface area contributed by atoms with Gasteiger partial charge in [0.2, 0.25) is 0 Å². The predicted octanol–water partition coefficient (Wildman–Crippen LogP) is 2.93. The normalized spacial score (nSPS) is 11.5. The number of H-pyrrole nitrogens is 1. The minimum Gasteiger partial charge on any atom is -0.332 e. The van der Waals surface area contributed by atoms with Gasteiger partial charge in [0.25, 0.3) is 10.0 Å². The molecular weight excluding hydrogens is 342 g/mol. The molecule has 0 aliphatic heterocycles. The van der Waals surface area contributed by atoms with Crippen molar-refractivity contribution < 1.29 is 8.42 Å². The van der Waals surface area contributed by atoms with E-state index in [1.165, 1.54) is 6.20 Å². The first-order valence-electron chi connectivity index (χ1n) is 4.88. The number of aromatic amines is 1. The number of hydrogen-bond acceptors (Lipinski definition) is 3. The predicted molar refractivity (Wildman–Crippen MR) is 73.3 cm³/mol. The lowest BCUT2D eigenvalue weighted by Gasteiger charge is -2.08. The largest absolute Gasteiger partial charge is 0.332 e. The van der Waals surface area contributed by atoms with Crippen LogP contribution in [0.1, 0.15) is 5.82 Å². The van der Waals surface area contributed by atoms with Gasteiger partial charge in [0, 0.05) is 9.50 Å². The molecule has 1 heterocycles. The minimum atomic E-state index is -3.67. The van der Waals surface area contributed by atoms with Crippen LogP contribution in [-0.2, 0) is 10.0 Å². The quantitative estimate of drug-likeness (QED) is 0.893. The van der Waals surface area contributed by atoms with Crippen LogP contribution in [0.5, 0.6) is 0 Å². The van der Waals surface area contributed by atoms with Crippen molar-refractivity contribution in [1.29, 1.82) is 0 Å². The SMILES string of the molecule is Cc1ncc(S(=O)(=O)Nc2ccc(Cl)cc2Br)[nH]1. The van der Waals surface area contributed by atoms with Crippen LogP contribution in [0, 0.1) is 6.92 Å². The third kappa shape index (κ3) is 2.85. The molecule has 1 aromatic heterocycles. The van der Waals surface area contributed by atoms with Gasteiger partial charge in [-0.25, -0.2) is 4.98 Å². The number of imidazole rings is 1. The van der Waals surface area contributed by atoms with Crippen molar-refractivity contribution in [3.8, 4) is 0 Å². The van der Waals surface area contributed by atoms with Crippen molar-refractivity contribution in [3.05, 3.63) is 39.7 Å². The van der Waals surface area contributed by atoms with Gasteiger partial charge in [-0.15, -0.1) is 0 Å². The number of nitrogens with one attached hydrogen (secondary N) is 2. The highest BCUT2D eigenvalue weighted by atomic mass is 79.9. The summed E-state index contributed by atoms with van der Waals surface area (Å²) in [5, 5.41) is 0.532. The number of rotatable bonds is 3. The van der Waals surface area contributed by atoms with E-state index in [4.69, 9.17) is 11.6 Å². The van der Waals surface area contributed by atoms with E-state index in [1.807, 2.05) is 0 Å². The van der Waals surface area contributed by atoms with Gasteiger partial charge in [-0.2, -0.15) is 8.42 Å². The number of anilines is 1. The van der Waals surface area contributed by atoms with E-state index in [0.29, 0.717) is 21.0 Å². The molecule has 0 spiro atoms. The van der Waals surface area contributed by atoms with Crippen molar-refractivity contribution in [2.24, 2.45) is 0 Å². The molecule has 0 atom stereocenters. The molecule has 0 aliphatic carbocycles. The topological polar surface area (TPSA) is 74.8 Å². The molecule has 0 radical (unpaired) electrons. The summed E-state index contributed by atoms with van der Waals surface area (Å²) in [4.78, 5) is 6.52. The summed E-state index contributed by atoms with van der Waals surface area (Å²) in [6.45, 7) is 1.68. The van der Waals surface area contributed by atoms with E-state index < -0.39 is 10.0 Å². The molecular formula is C10H9BrClN3O2S. The number of aromatic nitrogens is 2. The second-order valence-electron chi connectivity index (χ2n) is 3.56. The van der Waals surface area contributed by atoms with Crippen LogP contribution in [0.4, 0.5) is 5.69 Å². The Morgan fingerprint density at radius 2 is 2.17 bits per heavy atom. The summed E-state index contributed by atoms with van der Waals surface area (Å²) in [5.41, 5.74) is 0.409. The summed E-state index contributed by atoms with van der Waals surface area (Å²) in [6, 6.07) is 4.78. The molecule has 0 aliphatic rings. The fraction of sp³-hybridized carbons (Fsp3) is 0.100. The molecule has 0 saturated heterocycles. The van der Waals surface area contributed by atoms with Gasteiger partial charge in [-0.05, 0) is 41.1 Å². The molecule has 18 heavy (non-hydrogen) atoms. The Balaban J connectivity index is 2.33. The van der Waals surface area contributed by atoms with Crippen LogP contribution in [-0.4, -0.2) is 18.4 Å². The maximum Gasteiger partial charge on any atom is 0.279 e. The summed E-state index contributed by atoms with van der Waals surface area (Å²) in [6.07, 6.45) is 1.27. The molecule has 0 saturated carbocycles. The number of sulfonamides is 1. The van der Waals surface area contributed by atoms with Crippen molar-refractivity contribution in [2.75, 3.05) is 4.72 Å². The Labute approximate surface area is 118 Å². The number of halogens is 2. The van der Waals surface area contributed by atoms with Gasteiger partial charge >= 0.3 is 0 Å². The molecule has 2 N–H and O–H groups in total. The molecule has 0 bridgehead atoms. The summed E-state index contributed by atoms with van der Waals surface area (Å²) < 4.78 is 27.0. The zero-order valence-corrected chi connectivity index (χ0v) is 12.4. The number of nitrogens with zero attached hydrogens (tertiary/aromatic N) is 1. The summed E-state index contributed by atoms with van der Waals surface area (Å²) >= 11 is 9.03. The van der Waals surface area contributed by atoms with Gasteiger partial charge in [-0.1, -0.05) is 11.6 Å². The number of aryl methyl sites for hydroxylation is 1. The van der Waals surface area contributed by atoms with E-state index in [9.17, 15) is 8.42 Å². The molecule has 96 valence electrons. The van der Waals surface area contributed by atoms with Gasteiger partial charge in [0.1, 0.15) is 5.82 Å². The zero-order chi connectivity index (χ0) is 13.3. The Bertz CT molecular complexity index is 684. The maximum absolute atomic E-state index is 12.0. The van der Waals surface area contributed by atoms with Crippen LogP contribution in [0.15, 0.2) is 33.9 Å². The van der Waals surface area contributed by atoms with Crippen molar-refractivity contribution in [3.63, 3.8) is 0 Å². The van der Waals surface area contributed by atoms with E-state index in [2.05, 4.69) is 30.6 Å². The molecule has 0 amide bonds. The Hall–Kier alpha value is -1.05. The number of benzene rings is 1. The Morgan fingerprint density at radius 3 is 2.72 bits per heavy atom. The van der Waals surface area contributed by atoms with Crippen molar-refractivity contribution in [1.82, 2.24) is 9.97 Å². The highest BCUT2D eigenvalue weighted by Crippen LogP contribution is 2.27. The lowest BCUT2D eigenvalue weighted by Crippen LogP contribution is -2.13. The zero-order valence-electron chi connectivity index (χ0n) is 9.24. The van der Waals surface area contributed by atoms with E-state index in [-0.39, 0.29) is 5.03 Å². The lowest BCUT2D eigenvalue weighted by atomic mass is 10.3. The van der Waals surface area contributed by atoms with E-state index in [0.717, 1.165) is 0 Å². The van der Waals surface area contributed by atoms with Gasteiger partial charge in [0.05, 0.1) is 11.9 Å². The highest BCUT2D eigenvalue weighted by Gasteiger charge is 2.17. The van der Waals surface area contributed by atoms with Gasteiger partial charge in [0.15, 0.2) is 5.03 Å². The fourth-order valence-corrected chi connectivity index (χ4v) is 3.27. The van der Waals surface area contributed by atoms with Crippen LogP contribution in [0.25, 0.3) is 0 Å². The second kappa shape index (κ2) is 4.91. The standard InChI is InChI=1S/C10H9BrClN3O2S/c1-6-13-5-10(14-6)18(16,17)15-9-3-2-7(12)4-8(9)11/h2-5,15H,1H3,(H,13,14). The van der Waals surface area contributed by atoms with Crippen LogP contribution < -0.4 is 4.72 Å². The first kappa shape index (κ1) is 13.4. The Morgan fingerprint density at radius 1 is 1.44 bits per heavy atom. The van der Waals surface area contributed by atoms with Gasteiger partial charge < -0.3 is 4.98 Å². The molecule has 0 fully saturated rings. The first-order valence-corrected chi connectivity index (χ1v) is 7.53. The highest BCUT2D eigenvalue weighted by molar-refractivity contribution is 9.10. The lowest BCUT2D eigenvalue weighted by molar-refractivity contribution is 0.598. The molecule has 8 heteroatoms. The van der Waals surface area contributed by atoms with E-state index in [1.54, 1.807) is 25.1 Å². The smallest absolute Gasteiger partial charge is 0.279 e. The minimum absolute atomic E-state index is 0.0156. The monoisotopic (exact) mass is 349 g/mol. The maximum atomic E-state index is 12.0. The molecule has 5 nitrogen and oxygen atoms in total.